The Hall–Kier alpha value is -1.10. The molecule has 1 atom stereocenters. The fourth-order valence-electron chi connectivity index (χ4n) is 5.05. The average Bonchev–Trinajstić information content (AvgIpc) is 2.93. The maximum absolute atomic E-state index is 12.7. The standard InChI is InChI=1S/C17H29N3O2/c1-13(2)10-19-11-16(5-8-20(9-6-16)14(3)21)17(12-19)4-7-18-15(17)22/h13H,4-12H2,1-3H3,(H,18,22). The third kappa shape index (κ3) is 2.34. The van der Waals surface area contributed by atoms with Crippen LogP contribution in [0.2, 0.25) is 0 Å². The van der Waals surface area contributed by atoms with E-state index in [-0.39, 0.29) is 22.6 Å². The van der Waals surface area contributed by atoms with Gasteiger partial charge in [0.1, 0.15) is 0 Å². The summed E-state index contributed by atoms with van der Waals surface area (Å²) in [5.74, 6) is 1.04. The number of rotatable bonds is 2. The van der Waals surface area contributed by atoms with Crippen molar-refractivity contribution >= 4 is 11.8 Å². The first kappa shape index (κ1) is 15.8. The van der Waals surface area contributed by atoms with E-state index in [9.17, 15) is 9.59 Å². The van der Waals surface area contributed by atoms with Crippen molar-refractivity contribution in [1.82, 2.24) is 15.1 Å². The summed E-state index contributed by atoms with van der Waals surface area (Å²) in [7, 11) is 0. The average molecular weight is 307 g/mol. The fourth-order valence-corrected chi connectivity index (χ4v) is 5.05. The summed E-state index contributed by atoms with van der Waals surface area (Å²) in [6, 6.07) is 0. The van der Waals surface area contributed by atoms with Gasteiger partial charge in [0.15, 0.2) is 0 Å². The monoisotopic (exact) mass is 307 g/mol. The SMILES string of the molecule is CC(=O)N1CCC2(CC1)CN(CC(C)C)CC21CCNC1=O. The molecule has 0 aromatic heterocycles. The smallest absolute Gasteiger partial charge is 0.228 e. The van der Waals surface area contributed by atoms with Crippen LogP contribution in [-0.4, -0.2) is 60.9 Å². The van der Waals surface area contributed by atoms with Crippen molar-refractivity contribution in [2.24, 2.45) is 16.7 Å². The van der Waals surface area contributed by atoms with E-state index in [2.05, 4.69) is 24.1 Å². The van der Waals surface area contributed by atoms with E-state index in [4.69, 9.17) is 0 Å². The predicted octanol–water partition coefficient (Wildman–Crippen LogP) is 1.09. The van der Waals surface area contributed by atoms with Crippen molar-refractivity contribution < 1.29 is 9.59 Å². The molecule has 1 unspecified atom stereocenters. The first-order chi connectivity index (χ1) is 10.4. The topological polar surface area (TPSA) is 52.7 Å². The lowest BCUT2D eigenvalue weighted by molar-refractivity contribution is -0.137. The van der Waals surface area contributed by atoms with Gasteiger partial charge >= 0.3 is 0 Å². The van der Waals surface area contributed by atoms with Crippen molar-refractivity contribution in [3.63, 3.8) is 0 Å². The van der Waals surface area contributed by atoms with Crippen molar-refractivity contribution in [2.75, 3.05) is 39.3 Å². The molecular weight excluding hydrogens is 278 g/mol. The number of amides is 2. The van der Waals surface area contributed by atoms with Crippen LogP contribution in [0.25, 0.3) is 0 Å². The first-order valence-corrected chi connectivity index (χ1v) is 8.65. The molecule has 2 spiro atoms. The lowest BCUT2D eigenvalue weighted by Crippen LogP contribution is -2.53. The van der Waals surface area contributed by atoms with Gasteiger partial charge in [-0.15, -0.1) is 0 Å². The molecule has 0 radical (unpaired) electrons. The van der Waals surface area contributed by atoms with Crippen LogP contribution in [-0.2, 0) is 9.59 Å². The Balaban J connectivity index is 1.84. The molecule has 3 aliphatic rings. The lowest BCUT2D eigenvalue weighted by atomic mass is 9.60. The molecule has 3 rings (SSSR count). The lowest BCUT2D eigenvalue weighted by Gasteiger charge is -2.46. The van der Waals surface area contributed by atoms with Crippen molar-refractivity contribution in [2.45, 2.75) is 40.0 Å². The fraction of sp³-hybridized carbons (Fsp3) is 0.882. The molecule has 124 valence electrons. The molecule has 5 heteroatoms. The summed E-state index contributed by atoms with van der Waals surface area (Å²) in [5, 5.41) is 3.09. The second-order valence-electron chi connectivity index (χ2n) is 7.94. The molecule has 3 saturated heterocycles. The summed E-state index contributed by atoms with van der Waals surface area (Å²) >= 11 is 0. The van der Waals surface area contributed by atoms with Crippen LogP contribution in [0.3, 0.4) is 0 Å². The number of hydrogen-bond donors (Lipinski definition) is 1. The molecular formula is C17H29N3O2. The third-order valence-corrected chi connectivity index (χ3v) is 6.10. The minimum atomic E-state index is -0.217. The van der Waals surface area contributed by atoms with E-state index in [1.165, 1.54) is 0 Å². The van der Waals surface area contributed by atoms with Gasteiger partial charge in [0.2, 0.25) is 11.8 Å². The third-order valence-electron chi connectivity index (χ3n) is 6.10. The number of likely N-dealkylation sites (tertiary alicyclic amines) is 2. The van der Waals surface area contributed by atoms with E-state index in [1.807, 2.05) is 4.90 Å². The minimum Gasteiger partial charge on any atom is -0.356 e. The Kier molecular flexibility index (Phi) is 3.96. The van der Waals surface area contributed by atoms with Crippen LogP contribution in [0, 0.1) is 16.7 Å². The summed E-state index contributed by atoms with van der Waals surface area (Å²) in [5.41, 5.74) is -0.154. The number of nitrogens with one attached hydrogen (secondary N) is 1. The molecule has 0 bridgehead atoms. The van der Waals surface area contributed by atoms with Gasteiger partial charge in [-0.25, -0.2) is 0 Å². The normalized spacial score (nSPS) is 31.5. The Morgan fingerprint density at radius 1 is 1.23 bits per heavy atom. The highest BCUT2D eigenvalue weighted by molar-refractivity contribution is 5.86. The molecule has 0 aromatic carbocycles. The van der Waals surface area contributed by atoms with Crippen LogP contribution < -0.4 is 5.32 Å². The van der Waals surface area contributed by atoms with Crippen LogP contribution in [0.4, 0.5) is 0 Å². The van der Waals surface area contributed by atoms with Gasteiger partial charge in [0, 0.05) is 51.6 Å². The van der Waals surface area contributed by atoms with Gasteiger partial charge in [-0.1, -0.05) is 13.8 Å². The number of hydrogen-bond acceptors (Lipinski definition) is 3. The second kappa shape index (κ2) is 5.52. The zero-order valence-electron chi connectivity index (χ0n) is 14.2. The van der Waals surface area contributed by atoms with Gasteiger partial charge in [-0.2, -0.15) is 0 Å². The summed E-state index contributed by atoms with van der Waals surface area (Å²) in [6.45, 7) is 11.5. The predicted molar refractivity (Wildman–Crippen MR) is 85.3 cm³/mol. The molecule has 5 nitrogen and oxygen atoms in total. The highest BCUT2D eigenvalue weighted by Crippen LogP contribution is 2.56. The van der Waals surface area contributed by atoms with E-state index >= 15 is 0 Å². The quantitative estimate of drug-likeness (QED) is 0.831. The summed E-state index contributed by atoms with van der Waals surface area (Å²) < 4.78 is 0. The van der Waals surface area contributed by atoms with Crippen LogP contribution in [0.5, 0.6) is 0 Å². The van der Waals surface area contributed by atoms with Crippen molar-refractivity contribution in [3.05, 3.63) is 0 Å². The number of carbonyl (C=O) groups excluding carboxylic acids is 2. The number of fused-ring (bicyclic) bond motifs is 1. The number of carbonyl (C=O) groups is 2. The molecule has 3 heterocycles. The van der Waals surface area contributed by atoms with Gasteiger partial charge < -0.3 is 15.1 Å². The molecule has 3 fully saturated rings. The molecule has 0 saturated carbocycles. The zero-order valence-corrected chi connectivity index (χ0v) is 14.2. The van der Waals surface area contributed by atoms with E-state index in [1.54, 1.807) is 6.92 Å². The zero-order chi connectivity index (χ0) is 16.0. The van der Waals surface area contributed by atoms with Gasteiger partial charge in [0.25, 0.3) is 0 Å². The second-order valence-corrected chi connectivity index (χ2v) is 7.94. The number of nitrogens with zero attached hydrogens (tertiary/aromatic N) is 2. The summed E-state index contributed by atoms with van der Waals surface area (Å²) in [4.78, 5) is 28.8. The molecule has 1 N–H and O–H groups in total. The Morgan fingerprint density at radius 2 is 1.91 bits per heavy atom. The molecule has 2 amide bonds. The van der Waals surface area contributed by atoms with E-state index < -0.39 is 0 Å². The maximum Gasteiger partial charge on any atom is 0.228 e. The van der Waals surface area contributed by atoms with E-state index in [0.717, 1.165) is 58.5 Å². The first-order valence-electron chi connectivity index (χ1n) is 8.65. The minimum absolute atomic E-state index is 0.0639. The van der Waals surface area contributed by atoms with E-state index in [0.29, 0.717) is 5.92 Å². The number of piperidine rings is 1. The highest BCUT2D eigenvalue weighted by Gasteiger charge is 2.63. The molecule has 22 heavy (non-hydrogen) atoms. The highest BCUT2D eigenvalue weighted by atomic mass is 16.2. The van der Waals surface area contributed by atoms with Crippen LogP contribution >= 0.6 is 0 Å². The largest absolute Gasteiger partial charge is 0.356 e. The van der Waals surface area contributed by atoms with Crippen molar-refractivity contribution in [1.29, 1.82) is 0 Å². The summed E-state index contributed by atoms with van der Waals surface area (Å²) in [6.07, 6.45) is 2.89. The molecule has 0 aliphatic carbocycles. The molecule has 3 aliphatic heterocycles. The Labute approximate surface area is 133 Å². The van der Waals surface area contributed by atoms with Gasteiger partial charge in [-0.3, -0.25) is 9.59 Å². The van der Waals surface area contributed by atoms with Gasteiger partial charge in [0.05, 0.1) is 5.41 Å². The van der Waals surface area contributed by atoms with Crippen LogP contribution in [0.15, 0.2) is 0 Å². The van der Waals surface area contributed by atoms with Crippen LogP contribution in [0.1, 0.15) is 40.0 Å². The molecule has 0 aromatic rings. The van der Waals surface area contributed by atoms with Gasteiger partial charge in [-0.05, 0) is 25.2 Å². The maximum atomic E-state index is 12.7. The Morgan fingerprint density at radius 3 is 2.41 bits per heavy atom. The Bertz CT molecular complexity index is 469. The van der Waals surface area contributed by atoms with Crippen molar-refractivity contribution in [3.8, 4) is 0 Å².